The first-order valence-corrected chi connectivity index (χ1v) is 7.43. The van der Waals surface area contributed by atoms with Gasteiger partial charge in [-0.1, -0.05) is 12.5 Å². The van der Waals surface area contributed by atoms with Gasteiger partial charge in [0.15, 0.2) is 11.6 Å². The normalized spacial score (nSPS) is 28.4. The predicted octanol–water partition coefficient (Wildman–Crippen LogP) is 2.96. The second-order valence-corrected chi connectivity index (χ2v) is 6.19. The molecule has 1 amide bonds. The highest BCUT2D eigenvalue weighted by Gasteiger charge is 2.51. The molecule has 6 heteroatoms. The minimum absolute atomic E-state index is 0.0562. The lowest BCUT2D eigenvalue weighted by molar-refractivity contribution is -0.145. The zero-order valence-electron chi connectivity index (χ0n) is 12.0. The monoisotopic (exact) mass is 309 g/mol. The van der Waals surface area contributed by atoms with Crippen molar-refractivity contribution in [1.82, 2.24) is 0 Å². The average Bonchev–Trinajstić information content (AvgIpc) is 2.79. The first-order chi connectivity index (χ1) is 10.4. The Morgan fingerprint density at radius 1 is 1.32 bits per heavy atom. The Labute approximate surface area is 126 Å². The summed E-state index contributed by atoms with van der Waals surface area (Å²) < 4.78 is 27.3. The van der Waals surface area contributed by atoms with E-state index in [0.717, 1.165) is 6.07 Å². The SMILES string of the molecule is O=C(O)[C@H]1CCC[C@]2(CCN(c3cccc(F)c3F)C2=O)C1. The number of amides is 1. The minimum atomic E-state index is -1.03. The summed E-state index contributed by atoms with van der Waals surface area (Å²) in [5, 5.41) is 9.20. The van der Waals surface area contributed by atoms with Crippen LogP contribution in [0, 0.1) is 23.0 Å². The number of nitrogens with zero attached hydrogens (tertiary/aromatic N) is 1. The summed E-state index contributed by atoms with van der Waals surface area (Å²) in [6.07, 6.45) is 2.63. The third-order valence-corrected chi connectivity index (χ3v) is 4.93. The maximum atomic E-state index is 13.9. The Hall–Kier alpha value is -1.98. The molecule has 118 valence electrons. The van der Waals surface area contributed by atoms with Gasteiger partial charge >= 0.3 is 5.97 Å². The van der Waals surface area contributed by atoms with Gasteiger partial charge in [0.2, 0.25) is 5.91 Å². The van der Waals surface area contributed by atoms with Gasteiger partial charge in [0.25, 0.3) is 0 Å². The number of hydrogen-bond acceptors (Lipinski definition) is 2. The molecule has 22 heavy (non-hydrogen) atoms. The molecule has 0 bridgehead atoms. The van der Waals surface area contributed by atoms with E-state index in [1.54, 1.807) is 0 Å². The number of rotatable bonds is 2. The third-order valence-electron chi connectivity index (χ3n) is 4.93. The number of halogens is 2. The summed E-state index contributed by atoms with van der Waals surface area (Å²) in [6.45, 7) is 0.297. The van der Waals surface area contributed by atoms with Crippen LogP contribution in [0.3, 0.4) is 0 Å². The molecule has 0 unspecified atom stereocenters. The molecule has 1 spiro atoms. The van der Waals surface area contributed by atoms with Crippen molar-refractivity contribution in [1.29, 1.82) is 0 Å². The van der Waals surface area contributed by atoms with Crippen molar-refractivity contribution in [3.05, 3.63) is 29.8 Å². The van der Waals surface area contributed by atoms with E-state index in [2.05, 4.69) is 0 Å². The van der Waals surface area contributed by atoms with Gasteiger partial charge in [-0.3, -0.25) is 9.59 Å². The molecule has 1 saturated carbocycles. The zero-order valence-corrected chi connectivity index (χ0v) is 12.0. The molecule has 1 heterocycles. The Balaban J connectivity index is 1.89. The van der Waals surface area contributed by atoms with Gasteiger partial charge in [0.1, 0.15) is 0 Å². The highest BCUT2D eigenvalue weighted by molar-refractivity contribution is 6.00. The summed E-state index contributed by atoms with van der Waals surface area (Å²) in [5.74, 6) is -3.71. The minimum Gasteiger partial charge on any atom is -0.481 e. The number of benzene rings is 1. The molecule has 1 aromatic carbocycles. The van der Waals surface area contributed by atoms with Gasteiger partial charge in [-0.2, -0.15) is 0 Å². The van der Waals surface area contributed by atoms with E-state index in [0.29, 0.717) is 32.2 Å². The first kappa shape index (κ1) is 14.9. The highest BCUT2D eigenvalue weighted by atomic mass is 19.2. The highest BCUT2D eigenvalue weighted by Crippen LogP contribution is 2.48. The number of carbonyl (C=O) groups excluding carboxylic acids is 1. The van der Waals surface area contributed by atoms with Crippen molar-refractivity contribution >= 4 is 17.6 Å². The molecule has 1 aliphatic heterocycles. The quantitative estimate of drug-likeness (QED) is 0.914. The number of carboxylic acid groups (broad SMARTS) is 1. The Morgan fingerprint density at radius 3 is 2.82 bits per heavy atom. The summed E-state index contributed by atoms with van der Waals surface area (Å²) in [4.78, 5) is 25.2. The third kappa shape index (κ3) is 2.26. The maximum Gasteiger partial charge on any atom is 0.306 e. The summed E-state index contributed by atoms with van der Waals surface area (Å²) >= 11 is 0. The van der Waals surface area contributed by atoms with Crippen LogP contribution in [0.1, 0.15) is 32.1 Å². The number of carboxylic acids is 1. The standard InChI is InChI=1S/C16H17F2NO3/c17-11-4-1-5-12(13(11)18)19-8-7-16(15(19)22)6-2-3-10(9-16)14(20)21/h1,4-5,10H,2-3,6-9H2,(H,20,21)/t10-,16-/m0/s1. The van der Waals surface area contributed by atoms with Crippen LogP contribution in [0.5, 0.6) is 0 Å². The predicted molar refractivity (Wildman–Crippen MR) is 75.4 cm³/mol. The van der Waals surface area contributed by atoms with Crippen molar-refractivity contribution in [2.45, 2.75) is 32.1 Å². The van der Waals surface area contributed by atoms with Crippen LogP contribution in [-0.4, -0.2) is 23.5 Å². The van der Waals surface area contributed by atoms with Crippen molar-refractivity contribution in [3.8, 4) is 0 Å². The summed E-state index contributed by atoms with van der Waals surface area (Å²) in [5.41, 5.74) is -0.792. The molecule has 3 rings (SSSR count). The van der Waals surface area contributed by atoms with E-state index in [1.165, 1.54) is 17.0 Å². The van der Waals surface area contributed by atoms with Crippen molar-refractivity contribution in [2.75, 3.05) is 11.4 Å². The molecule has 0 aromatic heterocycles. The van der Waals surface area contributed by atoms with E-state index in [-0.39, 0.29) is 18.0 Å². The number of carbonyl (C=O) groups is 2. The molecule has 1 aliphatic carbocycles. The van der Waals surface area contributed by atoms with E-state index < -0.39 is 28.9 Å². The second kappa shape index (κ2) is 5.34. The van der Waals surface area contributed by atoms with Crippen LogP contribution in [-0.2, 0) is 9.59 Å². The maximum absolute atomic E-state index is 13.9. The smallest absolute Gasteiger partial charge is 0.306 e. The van der Waals surface area contributed by atoms with E-state index >= 15 is 0 Å². The van der Waals surface area contributed by atoms with Gasteiger partial charge in [-0.15, -0.1) is 0 Å². The molecule has 2 aliphatic rings. The van der Waals surface area contributed by atoms with Crippen molar-refractivity contribution in [2.24, 2.45) is 11.3 Å². The van der Waals surface area contributed by atoms with Crippen LogP contribution in [0.25, 0.3) is 0 Å². The fraction of sp³-hybridized carbons (Fsp3) is 0.500. The summed E-state index contributed by atoms with van der Waals surface area (Å²) in [7, 11) is 0. The van der Waals surface area contributed by atoms with Gasteiger partial charge in [-0.05, 0) is 37.8 Å². The Bertz CT molecular complexity index is 634. The van der Waals surface area contributed by atoms with Gasteiger partial charge in [-0.25, -0.2) is 8.78 Å². The van der Waals surface area contributed by atoms with E-state index in [1.807, 2.05) is 0 Å². The fourth-order valence-corrected chi connectivity index (χ4v) is 3.75. The topological polar surface area (TPSA) is 57.6 Å². The molecular formula is C16H17F2NO3. The number of hydrogen-bond donors (Lipinski definition) is 1. The van der Waals surface area contributed by atoms with Gasteiger partial charge in [0.05, 0.1) is 17.0 Å². The lowest BCUT2D eigenvalue weighted by Gasteiger charge is -2.34. The summed E-state index contributed by atoms with van der Waals surface area (Å²) in [6, 6.07) is 3.76. The molecule has 1 N–H and O–H groups in total. The fourth-order valence-electron chi connectivity index (χ4n) is 3.75. The Kier molecular flexibility index (Phi) is 3.62. The van der Waals surface area contributed by atoms with Crippen LogP contribution < -0.4 is 4.90 Å². The second-order valence-electron chi connectivity index (χ2n) is 6.19. The van der Waals surface area contributed by atoms with Gasteiger partial charge < -0.3 is 10.0 Å². The molecule has 0 radical (unpaired) electrons. The molecule has 4 nitrogen and oxygen atoms in total. The van der Waals surface area contributed by atoms with Crippen LogP contribution in [0.2, 0.25) is 0 Å². The molecule has 1 aromatic rings. The van der Waals surface area contributed by atoms with Gasteiger partial charge in [0, 0.05) is 6.54 Å². The average molecular weight is 309 g/mol. The van der Waals surface area contributed by atoms with E-state index in [9.17, 15) is 23.5 Å². The number of anilines is 1. The molecular weight excluding hydrogens is 292 g/mol. The lowest BCUT2D eigenvalue weighted by atomic mass is 9.68. The van der Waals surface area contributed by atoms with Crippen LogP contribution in [0.15, 0.2) is 18.2 Å². The zero-order chi connectivity index (χ0) is 15.9. The molecule has 2 fully saturated rings. The van der Waals surface area contributed by atoms with Crippen LogP contribution in [0.4, 0.5) is 14.5 Å². The largest absolute Gasteiger partial charge is 0.481 e. The Morgan fingerprint density at radius 2 is 2.09 bits per heavy atom. The van der Waals surface area contributed by atoms with Crippen molar-refractivity contribution < 1.29 is 23.5 Å². The lowest BCUT2D eigenvalue weighted by Crippen LogP contribution is -2.40. The van der Waals surface area contributed by atoms with E-state index in [4.69, 9.17) is 0 Å². The molecule has 2 atom stereocenters. The van der Waals surface area contributed by atoms with Crippen LogP contribution >= 0.6 is 0 Å². The first-order valence-electron chi connectivity index (χ1n) is 7.43. The number of aliphatic carboxylic acids is 1. The van der Waals surface area contributed by atoms with Crippen molar-refractivity contribution in [3.63, 3.8) is 0 Å². The molecule has 1 saturated heterocycles.